The van der Waals surface area contributed by atoms with Gasteiger partial charge in [0.05, 0.1) is 19.0 Å². The molecule has 5 nitrogen and oxygen atoms in total. The van der Waals surface area contributed by atoms with Crippen molar-refractivity contribution in [2.75, 3.05) is 26.2 Å². The van der Waals surface area contributed by atoms with Crippen molar-refractivity contribution >= 4 is 11.8 Å². The molecular formula is C22H27N3O2. The van der Waals surface area contributed by atoms with Gasteiger partial charge in [-0.2, -0.15) is 0 Å². The SMILES string of the molecule is O=C(Cc1ccccc1)NCC(=O)NC(CN1CCCC1)c1ccccc1. The van der Waals surface area contributed by atoms with Crippen LogP contribution in [0.15, 0.2) is 60.7 Å². The number of rotatable bonds is 8. The van der Waals surface area contributed by atoms with E-state index in [2.05, 4.69) is 15.5 Å². The normalized spacial score (nSPS) is 15.3. The minimum absolute atomic E-state index is 0.00496. The molecule has 1 atom stereocenters. The molecular weight excluding hydrogens is 338 g/mol. The van der Waals surface area contributed by atoms with Gasteiger partial charge < -0.3 is 15.5 Å². The lowest BCUT2D eigenvalue weighted by molar-refractivity contribution is -0.126. The summed E-state index contributed by atoms with van der Waals surface area (Å²) in [5.41, 5.74) is 2.03. The average Bonchev–Trinajstić information content (AvgIpc) is 3.20. The van der Waals surface area contributed by atoms with Gasteiger partial charge in [0.1, 0.15) is 0 Å². The van der Waals surface area contributed by atoms with Crippen LogP contribution in [0, 0.1) is 0 Å². The van der Waals surface area contributed by atoms with Crippen LogP contribution in [-0.2, 0) is 16.0 Å². The van der Waals surface area contributed by atoms with Crippen molar-refractivity contribution in [1.29, 1.82) is 0 Å². The van der Waals surface area contributed by atoms with Gasteiger partial charge in [0, 0.05) is 6.54 Å². The van der Waals surface area contributed by atoms with Crippen molar-refractivity contribution in [3.05, 3.63) is 71.8 Å². The van der Waals surface area contributed by atoms with Gasteiger partial charge in [-0.3, -0.25) is 9.59 Å². The molecule has 0 radical (unpaired) electrons. The minimum atomic E-state index is -0.163. The largest absolute Gasteiger partial charge is 0.347 e. The molecule has 2 aromatic rings. The molecule has 27 heavy (non-hydrogen) atoms. The zero-order valence-corrected chi connectivity index (χ0v) is 15.6. The molecule has 0 bridgehead atoms. The maximum atomic E-state index is 12.4. The van der Waals surface area contributed by atoms with Gasteiger partial charge in [-0.15, -0.1) is 0 Å². The second-order valence-electron chi connectivity index (χ2n) is 6.98. The molecule has 0 spiro atoms. The van der Waals surface area contributed by atoms with Gasteiger partial charge in [-0.1, -0.05) is 60.7 Å². The van der Waals surface area contributed by atoms with Gasteiger partial charge in [0.25, 0.3) is 0 Å². The number of hydrogen-bond acceptors (Lipinski definition) is 3. The van der Waals surface area contributed by atoms with Crippen LogP contribution >= 0.6 is 0 Å². The Bertz CT molecular complexity index is 728. The first-order valence-electron chi connectivity index (χ1n) is 9.58. The van der Waals surface area contributed by atoms with Crippen LogP contribution in [0.4, 0.5) is 0 Å². The highest BCUT2D eigenvalue weighted by molar-refractivity contribution is 5.85. The molecule has 1 aliphatic heterocycles. The van der Waals surface area contributed by atoms with Crippen molar-refractivity contribution in [3.8, 4) is 0 Å². The number of amides is 2. The van der Waals surface area contributed by atoms with E-state index in [4.69, 9.17) is 0 Å². The standard InChI is InChI=1S/C22H27N3O2/c26-21(15-18-9-3-1-4-10-18)23-16-22(27)24-20(17-25-13-7-8-14-25)19-11-5-2-6-12-19/h1-6,9-12,20H,7-8,13-17H2,(H,23,26)(H,24,27). The number of nitrogens with one attached hydrogen (secondary N) is 2. The van der Waals surface area contributed by atoms with E-state index < -0.39 is 0 Å². The van der Waals surface area contributed by atoms with Crippen LogP contribution in [0.5, 0.6) is 0 Å². The second-order valence-corrected chi connectivity index (χ2v) is 6.98. The average molecular weight is 365 g/mol. The summed E-state index contributed by atoms with van der Waals surface area (Å²) in [5.74, 6) is -0.309. The lowest BCUT2D eigenvalue weighted by Gasteiger charge is -2.25. The fourth-order valence-electron chi connectivity index (χ4n) is 3.41. The zero-order chi connectivity index (χ0) is 18.9. The van der Waals surface area contributed by atoms with Crippen LogP contribution in [0.3, 0.4) is 0 Å². The van der Waals surface area contributed by atoms with E-state index in [0.717, 1.165) is 30.8 Å². The van der Waals surface area contributed by atoms with Crippen molar-refractivity contribution < 1.29 is 9.59 Å². The molecule has 5 heteroatoms. The third kappa shape index (κ3) is 6.22. The highest BCUT2D eigenvalue weighted by Crippen LogP contribution is 2.17. The molecule has 2 aromatic carbocycles. The number of carbonyl (C=O) groups is 2. The van der Waals surface area contributed by atoms with Crippen LogP contribution < -0.4 is 10.6 Å². The Kier molecular flexibility index (Phi) is 6.99. The predicted octanol–water partition coefficient (Wildman–Crippen LogP) is 2.30. The molecule has 0 saturated carbocycles. The van der Waals surface area contributed by atoms with Crippen LogP contribution in [-0.4, -0.2) is 42.9 Å². The molecule has 3 rings (SSSR count). The third-order valence-corrected chi connectivity index (χ3v) is 4.83. The quantitative estimate of drug-likeness (QED) is 0.755. The van der Waals surface area contributed by atoms with Gasteiger partial charge >= 0.3 is 0 Å². The summed E-state index contributed by atoms with van der Waals surface area (Å²) in [6, 6.07) is 19.5. The minimum Gasteiger partial charge on any atom is -0.347 e. The first-order valence-corrected chi connectivity index (χ1v) is 9.58. The van der Waals surface area contributed by atoms with Crippen molar-refractivity contribution in [3.63, 3.8) is 0 Å². The molecule has 1 heterocycles. The summed E-state index contributed by atoms with van der Waals surface area (Å²) in [4.78, 5) is 26.8. The number of hydrogen-bond donors (Lipinski definition) is 2. The summed E-state index contributed by atoms with van der Waals surface area (Å²) in [6.45, 7) is 2.95. The maximum Gasteiger partial charge on any atom is 0.239 e. The van der Waals surface area contributed by atoms with Gasteiger partial charge in [0.2, 0.25) is 11.8 Å². The van der Waals surface area contributed by atoms with E-state index in [9.17, 15) is 9.59 Å². The molecule has 1 aliphatic rings. The summed E-state index contributed by atoms with van der Waals surface area (Å²) in [7, 11) is 0. The summed E-state index contributed by atoms with van der Waals surface area (Å²) >= 11 is 0. The predicted molar refractivity (Wildman–Crippen MR) is 106 cm³/mol. The first kappa shape index (κ1) is 19.1. The molecule has 1 unspecified atom stereocenters. The van der Waals surface area contributed by atoms with Crippen LogP contribution in [0.2, 0.25) is 0 Å². The number of nitrogens with zero attached hydrogens (tertiary/aromatic N) is 1. The Balaban J connectivity index is 1.51. The maximum absolute atomic E-state index is 12.4. The summed E-state index contributed by atoms with van der Waals surface area (Å²) in [5, 5.41) is 5.80. The van der Waals surface area contributed by atoms with E-state index in [-0.39, 0.29) is 30.8 Å². The van der Waals surface area contributed by atoms with Crippen molar-refractivity contribution in [1.82, 2.24) is 15.5 Å². The fourth-order valence-corrected chi connectivity index (χ4v) is 3.41. The Morgan fingerprint density at radius 1 is 0.889 bits per heavy atom. The third-order valence-electron chi connectivity index (χ3n) is 4.83. The number of carbonyl (C=O) groups excluding carboxylic acids is 2. The van der Waals surface area contributed by atoms with Gasteiger partial charge in [0.15, 0.2) is 0 Å². The van der Waals surface area contributed by atoms with Gasteiger partial charge in [-0.25, -0.2) is 0 Å². The first-order chi connectivity index (χ1) is 13.2. The Labute approximate surface area is 160 Å². The molecule has 2 amide bonds. The molecule has 2 N–H and O–H groups in total. The van der Waals surface area contributed by atoms with Crippen LogP contribution in [0.1, 0.15) is 30.0 Å². The van der Waals surface area contributed by atoms with E-state index in [0.29, 0.717) is 0 Å². The van der Waals surface area contributed by atoms with E-state index in [1.54, 1.807) is 0 Å². The van der Waals surface area contributed by atoms with Crippen molar-refractivity contribution in [2.45, 2.75) is 25.3 Å². The zero-order valence-electron chi connectivity index (χ0n) is 15.6. The Hall–Kier alpha value is -2.66. The molecule has 142 valence electrons. The fraction of sp³-hybridized carbons (Fsp3) is 0.364. The lowest BCUT2D eigenvalue weighted by Crippen LogP contribution is -2.42. The highest BCUT2D eigenvalue weighted by atomic mass is 16.2. The topological polar surface area (TPSA) is 61.4 Å². The highest BCUT2D eigenvalue weighted by Gasteiger charge is 2.20. The van der Waals surface area contributed by atoms with Gasteiger partial charge in [-0.05, 0) is 37.1 Å². The Morgan fingerprint density at radius 3 is 2.19 bits per heavy atom. The second kappa shape index (κ2) is 9.88. The molecule has 0 aliphatic carbocycles. The van der Waals surface area contributed by atoms with Crippen LogP contribution in [0.25, 0.3) is 0 Å². The molecule has 0 aromatic heterocycles. The lowest BCUT2D eigenvalue weighted by atomic mass is 10.1. The number of benzene rings is 2. The summed E-state index contributed by atoms with van der Waals surface area (Å²) < 4.78 is 0. The molecule has 1 saturated heterocycles. The smallest absolute Gasteiger partial charge is 0.239 e. The molecule has 1 fully saturated rings. The Morgan fingerprint density at radius 2 is 1.52 bits per heavy atom. The number of likely N-dealkylation sites (tertiary alicyclic amines) is 1. The summed E-state index contributed by atoms with van der Waals surface area (Å²) in [6.07, 6.45) is 2.71. The van der Waals surface area contributed by atoms with E-state index in [1.165, 1.54) is 12.8 Å². The van der Waals surface area contributed by atoms with E-state index in [1.807, 2.05) is 60.7 Å². The van der Waals surface area contributed by atoms with E-state index >= 15 is 0 Å². The van der Waals surface area contributed by atoms with Crippen molar-refractivity contribution in [2.24, 2.45) is 0 Å². The monoisotopic (exact) mass is 365 g/mol.